The van der Waals surface area contributed by atoms with Gasteiger partial charge in [-0.2, -0.15) is 0 Å². The zero-order valence-electron chi connectivity index (χ0n) is 12.7. The number of hydrogen-bond acceptors (Lipinski definition) is 5. The first-order valence-corrected chi connectivity index (χ1v) is 8.18. The Hall–Kier alpha value is -2.34. The molecule has 0 aliphatic carbocycles. The molecule has 0 saturated carbocycles. The molecular weight excluding hydrogens is 356 g/mol. The standard InChI is InChI=1S/C17H17BrN4O/c1-2-12-9-20-17(21-10-12)22-16-15(8-13(18)11-19-16)23-14-6-4-3-5-7-14/h3-9,11H,2,10H2,1H3,(H2,19,20,21,22). The molecule has 0 bridgehead atoms. The van der Waals surface area contributed by atoms with Crippen molar-refractivity contribution >= 4 is 27.7 Å². The average Bonchev–Trinajstić information content (AvgIpc) is 2.59. The normalized spacial score (nSPS) is 13.7. The van der Waals surface area contributed by atoms with Crippen LogP contribution in [0.15, 0.2) is 63.8 Å². The summed E-state index contributed by atoms with van der Waals surface area (Å²) in [6, 6.07) is 11.5. The lowest BCUT2D eigenvalue weighted by molar-refractivity contribution is 0.482. The topological polar surface area (TPSA) is 58.5 Å². The van der Waals surface area contributed by atoms with Gasteiger partial charge in [0.1, 0.15) is 5.75 Å². The van der Waals surface area contributed by atoms with Crippen LogP contribution in [0.5, 0.6) is 11.5 Å². The van der Waals surface area contributed by atoms with Gasteiger partial charge < -0.3 is 15.4 Å². The van der Waals surface area contributed by atoms with Crippen LogP contribution in [0, 0.1) is 0 Å². The van der Waals surface area contributed by atoms with Crippen molar-refractivity contribution in [2.24, 2.45) is 4.99 Å². The molecule has 23 heavy (non-hydrogen) atoms. The van der Waals surface area contributed by atoms with Crippen LogP contribution in [-0.2, 0) is 0 Å². The summed E-state index contributed by atoms with van der Waals surface area (Å²) in [4.78, 5) is 8.85. The number of ether oxygens (including phenoxy) is 1. The van der Waals surface area contributed by atoms with Crippen LogP contribution in [0.4, 0.5) is 5.82 Å². The molecule has 3 rings (SSSR count). The third kappa shape index (κ3) is 4.10. The Morgan fingerprint density at radius 3 is 2.83 bits per heavy atom. The molecule has 0 fully saturated rings. The highest BCUT2D eigenvalue weighted by Crippen LogP contribution is 2.30. The third-order valence-corrected chi connectivity index (χ3v) is 3.77. The maximum absolute atomic E-state index is 5.92. The van der Waals surface area contributed by atoms with Crippen LogP contribution < -0.4 is 15.4 Å². The predicted molar refractivity (Wildman–Crippen MR) is 95.9 cm³/mol. The van der Waals surface area contributed by atoms with Gasteiger partial charge in [-0.1, -0.05) is 25.1 Å². The lowest BCUT2D eigenvalue weighted by atomic mass is 10.2. The van der Waals surface area contributed by atoms with Crippen molar-refractivity contribution in [3.05, 3.63) is 58.8 Å². The second-order valence-corrected chi connectivity index (χ2v) is 5.92. The highest BCUT2D eigenvalue weighted by molar-refractivity contribution is 9.10. The van der Waals surface area contributed by atoms with Gasteiger partial charge in [-0.15, -0.1) is 0 Å². The maximum Gasteiger partial charge on any atom is 0.201 e. The summed E-state index contributed by atoms with van der Waals surface area (Å²) in [5.41, 5.74) is 1.26. The van der Waals surface area contributed by atoms with Gasteiger partial charge in [-0.25, -0.2) is 9.98 Å². The van der Waals surface area contributed by atoms with Crippen molar-refractivity contribution in [3.8, 4) is 11.5 Å². The number of rotatable bonds is 4. The molecule has 1 aromatic heterocycles. The summed E-state index contributed by atoms with van der Waals surface area (Å²) in [5.74, 6) is 2.65. The van der Waals surface area contributed by atoms with Crippen molar-refractivity contribution in [1.29, 1.82) is 0 Å². The zero-order valence-corrected chi connectivity index (χ0v) is 14.3. The number of para-hydroxylation sites is 1. The summed E-state index contributed by atoms with van der Waals surface area (Å²) in [7, 11) is 0. The Kier molecular flexibility index (Phi) is 4.92. The van der Waals surface area contributed by atoms with E-state index in [1.54, 1.807) is 6.20 Å². The lowest BCUT2D eigenvalue weighted by Gasteiger charge is -2.17. The van der Waals surface area contributed by atoms with Gasteiger partial charge >= 0.3 is 0 Å². The van der Waals surface area contributed by atoms with Crippen molar-refractivity contribution in [1.82, 2.24) is 10.3 Å². The molecule has 0 amide bonds. The van der Waals surface area contributed by atoms with Gasteiger partial charge in [-0.05, 0) is 40.1 Å². The second-order valence-electron chi connectivity index (χ2n) is 5.01. The molecule has 1 aliphatic heterocycles. The molecule has 2 aromatic rings. The van der Waals surface area contributed by atoms with E-state index in [0.29, 0.717) is 24.1 Å². The zero-order chi connectivity index (χ0) is 16.1. The number of aliphatic imine (C=N–C) groups is 1. The molecule has 2 N–H and O–H groups in total. The number of aromatic nitrogens is 1. The van der Waals surface area contributed by atoms with Crippen LogP contribution in [0.2, 0.25) is 0 Å². The Balaban J connectivity index is 1.78. The highest BCUT2D eigenvalue weighted by Gasteiger charge is 2.12. The number of halogens is 1. The first-order valence-electron chi connectivity index (χ1n) is 7.39. The van der Waals surface area contributed by atoms with Gasteiger partial charge in [0.05, 0.1) is 6.54 Å². The van der Waals surface area contributed by atoms with E-state index in [9.17, 15) is 0 Å². The predicted octanol–water partition coefficient (Wildman–Crippen LogP) is 4.30. The molecule has 6 heteroatoms. The molecule has 0 saturated heterocycles. The summed E-state index contributed by atoms with van der Waals surface area (Å²) in [6.45, 7) is 2.81. The van der Waals surface area contributed by atoms with Crippen LogP contribution in [-0.4, -0.2) is 17.5 Å². The van der Waals surface area contributed by atoms with E-state index in [2.05, 4.69) is 43.5 Å². The molecule has 1 aliphatic rings. The Morgan fingerprint density at radius 2 is 2.13 bits per heavy atom. The summed E-state index contributed by atoms with van der Waals surface area (Å²) in [5, 5.41) is 6.32. The lowest BCUT2D eigenvalue weighted by Crippen LogP contribution is -2.30. The average molecular weight is 373 g/mol. The van der Waals surface area contributed by atoms with Crippen LogP contribution >= 0.6 is 15.9 Å². The minimum absolute atomic E-state index is 0.608. The van der Waals surface area contributed by atoms with Crippen LogP contribution in [0.3, 0.4) is 0 Å². The van der Waals surface area contributed by atoms with Crippen molar-refractivity contribution in [2.75, 3.05) is 11.9 Å². The van der Waals surface area contributed by atoms with Gasteiger partial charge in [-0.3, -0.25) is 0 Å². The van der Waals surface area contributed by atoms with Crippen molar-refractivity contribution < 1.29 is 4.74 Å². The van der Waals surface area contributed by atoms with Crippen molar-refractivity contribution in [2.45, 2.75) is 13.3 Å². The maximum atomic E-state index is 5.92. The van der Waals surface area contributed by atoms with Gasteiger partial charge in [0.2, 0.25) is 5.96 Å². The Labute approximate surface area is 143 Å². The van der Waals surface area contributed by atoms with Crippen LogP contribution in [0.1, 0.15) is 13.3 Å². The fourth-order valence-corrected chi connectivity index (χ4v) is 2.36. The number of hydrogen-bond donors (Lipinski definition) is 2. The fraction of sp³-hybridized carbons (Fsp3) is 0.176. The highest BCUT2D eigenvalue weighted by atomic mass is 79.9. The van der Waals surface area contributed by atoms with E-state index in [0.717, 1.165) is 16.6 Å². The van der Waals surface area contributed by atoms with E-state index < -0.39 is 0 Å². The Bertz CT molecular complexity index is 744. The molecule has 2 heterocycles. The first-order chi connectivity index (χ1) is 11.2. The number of pyridine rings is 1. The minimum atomic E-state index is 0.608. The third-order valence-electron chi connectivity index (χ3n) is 3.33. The van der Waals surface area contributed by atoms with E-state index in [1.165, 1.54) is 5.57 Å². The van der Waals surface area contributed by atoms with E-state index in [1.807, 2.05) is 42.6 Å². The molecule has 0 radical (unpaired) electrons. The number of nitrogens with one attached hydrogen (secondary N) is 2. The SMILES string of the molecule is CCC1=CNC(Nc2ncc(Br)cc2Oc2ccccc2)=NC1. The number of benzene rings is 1. The summed E-state index contributed by atoms with van der Waals surface area (Å²) in [6.07, 6.45) is 4.69. The first kappa shape index (κ1) is 15.6. The van der Waals surface area contributed by atoms with E-state index in [4.69, 9.17) is 4.74 Å². The smallest absolute Gasteiger partial charge is 0.201 e. The fourth-order valence-electron chi connectivity index (χ4n) is 2.05. The molecule has 118 valence electrons. The van der Waals surface area contributed by atoms with Crippen LogP contribution in [0.25, 0.3) is 0 Å². The number of guanidine groups is 1. The second kappa shape index (κ2) is 7.28. The largest absolute Gasteiger partial charge is 0.453 e. The van der Waals surface area contributed by atoms with Gasteiger partial charge in [0.15, 0.2) is 11.6 Å². The van der Waals surface area contributed by atoms with Gasteiger partial charge in [0.25, 0.3) is 0 Å². The molecule has 1 aromatic carbocycles. The van der Waals surface area contributed by atoms with E-state index in [-0.39, 0.29) is 0 Å². The molecule has 0 unspecified atom stereocenters. The molecular formula is C17H17BrN4O. The monoisotopic (exact) mass is 372 g/mol. The minimum Gasteiger partial charge on any atom is -0.453 e. The Morgan fingerprint density at radius 1 is 1.30 bits per heavy atom. The summed E-state index contributed by atoms with van der Waals surface area (Å²) >= 11 is 3.43. The van der Waals surface area contributed by atoms with E-state index >= 15 is 0 Å². The number of anilines is 1. The molecule has 5 nitrogen and oxygen atoms in total. The summed E-state index contributed by atoms with van der Waals surface area (Å²) < 4.78 is 6.77. The molecule has 0 atom stereocenters. The van der Waals surface area contributed by atoms with Gasteiger partial charge in [0, 0.05) is 22.9 Å². The number of nitrogens with zero attached hydrogens (tertiary/aromatic N) is 2. The quantitative estimate of drug-likeness (QED) is 0.839. The van der Waals surface area contributed by atoms with Crippen molar-refractivity contribution in [3.63, 3.8) is 0 Å². The molecule has 0 spiro atoms.